The van der Waals surface area contributed by atoms with E-state index in [2.05, 4.69) is 41.4 Å². The van der Waals surface area contributed by atoms with Crippen LogP contribution in [0.15, 0.2) is 6.20 Å². The van der Waals surface area contributed by atoms with Crippen LogP contribution < -0.4 is 16.4 Å². The van der Waals surface area contributed by atoms with Gasteiger partial charge >= 0.3 is 0 Å². The van der Waals surface area contributed by atoms with Crippen LogP contribution >= 0.6 is 0 Å². The molecule has 0 aliphatic heterocycles. The maximum Gasteiger partial charge on any atom is 0.254 e. The largest absolute Gasteiger partial charge is 0.381 e. The molecule has 1 unspecified atom stereocenters. The van der Waals surface area contributed by atoms with Gasteiger partial charge in [-0.1, -0.05) is 13.8 Å². The summed E-state index contributed by atoms with van der Waals surface area (Å²) in [6.07, 6.45) is 5.94. The summed E-state index contributed by atoms with van der Waals surface area (Å²) in [6, 6.07) is 0.495. The van der Waals surface area contributed by atoms with E-state index < -0.39 is 5.91 Å². The fraction of sp³-hybridized carbons (Fsp3) is 0.706. The molecule has 0 spiro atoms. The third-order valence-corrected chi connectivity index (χ3v) is 4.76. The molecule has 1 aliphatic carbocycles. The average molecular weight is 335 g/mol. The van der Waals surface area contributed by atoms with E-state index in [4.69, 9.17) is 10.5 Å². The Balaban J connectivity index is 2.09. The third-order valence-electron chi connectivity index (χ3n) is 4.76. The number of carbonyl (C=O) groups is 1. The molecule has 1 atom stereocenters. The molecule has 4 N–H and O–H groups in total. The van der Waals surface area contributed by atoms with E-state index in [1.165, 1.54) is 6.20 Å². The molecule has 0 bridgehead atoms. The van der Waals surface area contributed by atoms with Crippen LogP contribution in [-0.2, 0) is 4.74 Å². The van der Waals surface area contributed by atoms with Gasteiger partial charge in [-0.15, -0.1) is 0 Å². The molecule has 134 valence electrons. The minimum atomic E-state index is -0.527. The smallest absolute Gasteiger partial charge is 0.254 e. The Morgan fingerprint density at radius 2 is 1.96 bits per heavy atom. The molecule has 2 rings (SSSR count). The van der Waals surface area contributed by atoms with E-state index in [-0.39, 0.29) is 6.04 Å². The highest BCUT2D eigenvalue weighted by Gasteiger charge is 2.22. The molecule has 0 aromatic carbocycles. The highest BCUT2D eigenvalue weighted by Crippen LogP contribution is 2.24. The molecule has 24 heavy (non-hydrogen) atoms. The van der Waals surface area contributed by atoms with Crippen molar-refractivity contribution < 1.29 is 9.53 Å². The number of aromatic nitrogens is 2. The highest BCUT2D eigenvalue weighted by atomic mass is 16.5. The lowest BCUT2D eigenvalue weighted by molar-refractivity contribution is 0.0681. The summed E-state index contributed by atoms with van der Waals surface area (Å²) in [7, 11) is 1.76. The Hall–Kier alpha value is -1.89. The molecule has 7 heteroatoms. The van der Waals surface area contributed by atoms with Gasteiger partial charge in [0, 0.05) is 25.4 Å². The van der Waals surface area contributed by atoms with Crippen molar-refractivity contribution in [1.82, 2.24) is 9.97 Å². The number of anilines is 2. The average Bonchev–Trinajstić information content (AvgIpc) is 2.55. The maximum atomic E-state index is 11.6. The molecule has 1 aromatic rings. The van der Waals surface area contributed by atoms with E-state index in [1.54, 1.807) is 7.11 Å². The number of nitrogens with zero attached hydrogens (tertiary/aromatic N) is 2. The van der Waals surface area contributed by atoms with Crippen molar-refractivity contribution in [3.05, 3.63) is 11.8 Å². The SMILES string of the molecule is COC1CCC(Nc2ncc(C(N)=O)c(NC(C)C(C)C)n2)CC1. The Bertz CT molecular complexity index is 556. The monoisotopic (exact) mass is 335 g/mol. The second kappa shape index (κ2) is 8.28. The molecule has 7 nitrogen and oxygen atoms in total. The number of carbonyl (C=O) groups excluding carboxylic acids is 1. The summed E-state index contributed by atoms with van der Waals surface area (Å²) in [5, 5.41) is 6.64. The van der Waals surface area contributed by atoms with Crippen LogP contribution in [0.25, 0.3) is 0 Å². The van der Waals surface area contributed by atoms with Gasteiger partial charge in [-0.25, -0.2) is 4.98 Å². The van der Waals surface area contributed by atoms with E-state index in [0.717, 1.165) is 25.7 Å². The Morgan fingerprint density at radius 1 is 1.29 bits per heavy atom. The molecule has 0 radical (unpaired) electrons. The zero-order chi connectivity index (χ0) is 17.7. The lowest BCUT2D eigenvalue weighted by atomic mass is 9.93. The zero-order valence-corrected chi connectivity index (χ0v) is 15.0. The van der Waals surface area contributed by atoms with Crippen LogP contribution in [0, 0.1) is 5.92 Å². The van der Waals surface area contributed by atoms with Crippen LogP contribution in [0.4, 0.5) is 11.8 Å². The quantitative estimate of drug-likeness (QED) is 0.707. The maximum absolute atomic E-state index is 11.6. The summed E-state index contributed by atoms with van der Waals surface area (Å²) in [6.45, 7) is 6.27. The van der Waals surface area contributed by atoms with Crippen LogP contribution in [-0.4, -0.2) is 41.2 Å². The summed E-state index contributed by atoms with van der Waals surface area (Å²) in [4.78, 5) is 20.3. The Kier molecular flexibility index (Phi) is 6.36. The van der Waals surface area contributed by atoms with Gasteiger partial charge in [0.15, 0.2) is 0 Å². The second-order valence-electron chi connectivity index (χ2n) is 6.85. The van der Waals surface area contributed by atoms with Gasteiger partial charge in [-0.05, 0) is 38.5 Å². The van der Waals surface area contributed by atoms with Crippen molar-refractivity contribution in [2.75, 3.05) is 17.7 Å². The first-order valence-corrected chi connectivity index (χ1v) is 8.63. The van der Waals surface area contributed by atoms with Crippen LogP contribution in [0.2, 0.25) is 0 Å². The standard InChI is InChI=1S/C17H29N5O2/c1-10(2)11(3)20-16-14(15(18)23)9-19-17(22-16)21-12-5-7-13(24-4)8-6-12/h9-13H,5-8H2,1-4H3,(H2,18,23)(H2,19,20,21,22). The second-order valence-corrected chi connectivity index (χ2v) is 6.85. The van der Waals surface area contributed by atoms with Crippen molar-refractivity contribution in [1.29, 1.82) is 0 Å². The van der Waals surface area contributed by atoms with Crippen LogP contribution in [0.5, 0.6) is 0 Å². The number of hydrogen-bond donors (Lipinski definition) is 3. The normalized spacial score (nSPS) is 22.2. The van der Waals surface area contributed by atoms with Gasteiger partial charge in [-0.2, -0.15) is 4.98 Å². The van der Waals surface area contributed by atoms with Crippen LogP contribution in [0.3, 0.4) is 0 Å². The topological polar surface area (TPSA) is 102 Å². The number of primary amides is 1. The lowest BCUT2D eigenvalue weighted by Gasteiger charge is -2.28. The first-order chi connectivity index (χ1) is 11.4. The summed E-state index contributed by atoms with van der Waals surface area (Å²) in [5.74, 6) is 0.896. The molecule has 1 fully saturated rings. The molecule has 1 heterocycles. The van der Waals surface area contributed by atoms with Gasteiger partial charge in [-0.3, -0.25) is 4.79 Å². The van der Waals surface area contributed by atoms with E-state index in [0.29, 0.717) is 35.4 Å². The van der Waals surface area contributed by atoms with Crippen molar-refractivity contribution in [2.45, 2.75) is 64.6 Å². The fourth-order valence-electron chi connectivity index (χ4n) is 2.75. The summed E-state index contributed by atoms with van der Waals surface area (Å²) >= 11 is 0. The number of ether oxygens (including phenoxy) is 1. The number of amides is 1. The number of rotatable bonds is 7. The van der Waals surface area contributed by atoms with E-state index in [9.17, 15) is 4.79 Å². The minimum absolute atomic E-state index is 0.169. The minimum Gasteiger partial charge on any atom is -0.381 e. The van der Waals surface area contributed by atoms with Crippen LogP contribution in [0.1, 0.15) is 56.8 Å². The molecule has 0 saturated heterocycles. The Morgan fingerprint density at radius 3 is 2.50 bits per heavy atom. The number of nitrogens with one attached hydrogen (secondary N) is 2. The van der Waals surface area contributed by atoms with Gasteiger partial charge in [0.25, 0.3) is 5.91 Å². The molecular weight excluding hydrogens is 306 g/mol. The zero-order valence-electron chi connectivity index (χ0n) is 15.0. The first kappa shape index (κ1) is 18.4. The van der Waals surface area contributed by atoms with Gasteiger partial charge < -0.3 is 21.1 Å². The molecule has 1 aromatic heterocycles. The number of methoxy groups -OCH3 is 1. The Labute approximate surface area is 143 Å². The highest BCUT2D eigenvalue weighted by molar-refractivity contribution is 5.97. The summed E-state index contributed by atoms with van der Waals surface area (Å²) in [5.41, 5.74) is 5.75. The fourth-order valence-corrected chi connectivity index (χ4v) is 2.75. The van der Waals surface area contributed by atoms with Gasteiger partial charge in [0.05, 0.1) is 11.7 Å². The van der Waals surface area contributed by atoms with E-state index in [1.807, 2.05) is 0 Å². The van der Waals surface area contributed by atoms with E-state index >= 15 is 0 Å². The predicted molar refractivity (Wildman–Crippen MR) is 95.1 cm³/mol. The van der Waals surface area contributed by atoms with Gasteiger partial charge in [0.2, 0.25) is 5.95 Å². The van der Waals surface area contributed by atoms with Crippen molar-refractivity contribution in [3.63, 3.8) is 0 Å². The van der Waals surface area contributed by atoms with Crippen molar-refractivity contribution >= 4 is 17.7 Å². The molecular formula is C17H29N5O2. The number of nitrogens with two attached hydrogens (primary N) is 1. The number of hydrogen-bond acceptors (Lipinski definition) is 6. The summed E-state index contributed by atoms with van der Waals surface area (Å²) < 4.78 is 5.40. The lowest BCUT2D eigenvalue weighted by Crippen LogP contribution is -2.30. The van der Waals surface area contributed by atoms with Crippen molar-refractivity contribution in [2.24, 2.45) is 11.7 Å². The molecule has 1 aliphatic rings. The predicted octanol–water partition coefficient (Wildman–Crippen LogP) is 2.40. The first-order valence-electron chi connectivity index (χ1n) is 8.63. The third kappa shape index (κ3) is 4.80. The molecule has 1 saturated carbocycles. The molecule has 1 amide bonds. The van der Waals surface area contributed by atoms with Gasteiger partial charge in [0.1, 0.15) is 5.82 Å². The van der Waals surface area contributed by atoms with Crippen molar-refractivity contribution in [3.8, 4) is 0 Å².